The molecule has 1 aromatic rings. The maximum atomic E-state index is 12.4. The SMILES string of the molecule is CCC(NS(=O)(=O)N1CCN(c2ccc(Cl)cc2)CC1)C(=O)NO. The van der Waals surface area contributed by atoms with Crippen LogP contribution in [0.3, 0.4) is 0 Å². The summed E-state index contributed by atoms with van der Waals surface area (Å²) in [6.07, 6.45) is 0.233. The maximum Gasteiger partial charge on any atom is 0.280 e. The summed E-state index contributed by atoms with van der Waals surface area (Å²) in [6, 6.07) is 6.36. The Labute approximate surface area is 146 Å². The molecule has 1 amide bonds. The van der Waals surface area contributed by atoms with Crippen molar-refractivity contribution in [1.29, 1.82) is 0 Å². The monoisotopic (exact) mass is 376 g/mol. The first-order chi connectivity index (χ1) is 11.4. The van der Waals surface area contributed by atoms with Gasteiger partial charge < -0.3 is 4.90 Å². The normalized spacial score (nSPS) is 17.5. The number of nitrogens with one attached hydrogen (secondary N) is 2. The minimum Gasteiger partial charge on any atom is -0.369 e. The third kappa shape index (κ3) is 4.58. The Morgan fingerprint density at radius 2 is 1.83 bits per heavy atom. The predicted molar refractivity (Wildman–Crippen MR) is 91.3 cm³/mol. The van der Waals surface area contributed by atoms with Crippen LogP contribution < -0.4 is 15.1 Å². The lowest BCUT2D eigenvalue weighted by Crippen LogP contribution is -2.55. The van der Waals surface area contributed by atoms with E-state index in [0.717, 1.165) is 5.69 Å². The molecule has 1 aliphatic rings. The van der Waals surface area contributed by atoms with E-state index in [1.165, 1.54) is 9.79 Å². The molecule has 2 rings (SSSR count). The van der Waals surface area contributed by atoms with Gasteiger partial charge in [-0.2, -0.15) is 17.4 Å². The number of hydroxylamine groups is 1. The Kier molecular flexibility index (Phi) is 6.41. The van der Waals surface area contributed by atoms with Crippen molar-refractivity contribution in [2.45, 2.75) is 19.4 Å². The third-order valence-corrected chi connectivity index (χ3v) is 5.78. The van der Waals surface area contributed by atoms with E-state index >= 15 is 0 Å². The van der Waals surface area contributed by atoms with Gasteiger partial charge in [0.25, 0.3) is 16.1 Å². The Morgan fingerprint density at radius 3 is 2.33 bits per heavy atom. The maximum absolute atomic E-state index is 12.4. The Balaban J connectivity index is 1.97. The van der Waals surface area contributed by atoms with Gasteiger partial charge in [-0.25, -0.2) is 5.48 Å². The van der Waals surface area contributed by atoms with Gasteiger partial charge in [0.05, 0.1) is 0 Å². The van der Waals surface area contributed by atoms with Crippen molar-refractivity contribution < 1.29 is 18.4 Å². The summed E-state index contributed by atoms with van der Waals surface area (Å²) >= 11 is 5.87. The fourth-order valence-electron chi connectivity index (χ4n) is 2.49. The van der Waals surface area contributed by atoms with E-state index in [9.17, 15) is 13.2 Å². The number of rotatable bonds is 6. The average Bonchev–Trinajstić information content (AvgIpc) is 2.60. The van der Waals surface area contributed by atoms with Crippen molar-refractivity contribution in [3.8, 4) is 0 Å². The van der Waals surface area contributed by atoms with Crippen LogP contribution in [0.15, 0.2) is 24.3 Å². The molecule has 1 atom stereocenters. The van der Waals surface area contributed by atoms with Crippen LogP contribution in [-0.2, 0) is 15.0 Å². The molecule has 8 nitrogen and oxygen atoms in total. The fourth-order valence-corrected chi connectivity index (χ4v) is 4.05. The molecular formula is C14H21ClN4O4S. The number of amides is 1. The molecule has 0 aliphatic carbocycles. The number of benzene rings is 1. The van der Waals surface area contributed by atoms with Gasteiger partial charge in [0.15, 0.2) is 0 Å². The van der Waals surface area contributed by atoms with Crippen LogP contribution in [-0.4, -0.2) is 56.1 Å². The molecule has 1 saturated heterocycles. The molecule has 0 radical (unpaired) electrons. The number of hydrogen-bond donors (Lipinski definition) is 3. The highest BCUT2D eigenvalue weighted by atomic mass is 35.5. The number of halogens is 1. The second-order valence-electron chi connectivity index (χ2n) is 5.42. The lowest BCUT2D eigenvalue weighted by molar-refractivity contribution is -0.131. The zero-order chi connectivity index (χ0) is 17.7. The van der Waals surface area contributed by atoms with Crippen LogP contribution in [0, 0.1) is 0 Å². The smallest absolute Gasteiger partial charge is 0.280 e. The minimum absolute atomic E-state index is 0.233. The molecule has 1 heterocycles. The highest BCUT2D eigenvalue weighted by Gasteiger charge is 2.30. The lowest BCUT2D eigenvalue weighted by atomic mass is 10.2. The second-order valence-corrected chi connectivity index (χ2v) is 7.56. The van der Waals surface area contributed by atoms with Gasteiger partial charge in [0, 0.05) is 36.9 Å². The van der Waals surface area contributed by atoms with E-state index in [2.05, 4.69) is 9.62 Å². The Morgan fingerprint density at radius 1 is 1.25 bits per heavy atom. The summed E-state index contributed by atoms with van der Waals surface area (Å²) in [5.74, 6) is -0.777. The van der Waals surface area contributed by atoms with E-state index in [-0.39, 0.29) is 6.42 Å². The summed E-state index contributed by atoms with van der Waals surface area (Å²) in [4.78, 5) is 13.5. The van der Waals surface area contributed by atoms with Gasteiger partial charge in [0.1, 0.15) is 6.04 Å². The summed E-state index contributed by atoms with van der Waals surface area (Å²) in [6.45, 7) is 3.32. The summed E-state index contributed by atoms with van der Waals surface area (Å²) in [7, 11) is -3.80. The van der Waals surface area contributed by atoms with Crippen molar-refractivity contribution in [3.63, 3.8) is 0 Å². The first-order valence-electron chi connectivity index (χ1n) is 7.59. The van der Waals surface area contributed by atoms with Crippen LogP contribution in [0.4, 0.5) is 5.69 Å². The van der Waals surface area contributed by atoms with Crippen LogP contribution in [0.1, 0.15) is 13.3 Å². The van der Waals surface area contributed by atoms with Gasteiger partial charge in [-0.15, -0.1) is 0 Å². The predicted octanol–water partition coefficient (Wildman–Crippen LogP) is 0.580. The van der Waals surface area contributed by atoms with E-state index in [0.29, 0.717) is 31.2 Å². The molecule has 1 aliphatic heterocycles. The van der Waals surface area contributed by atoms with Crippen molar-refractivity contribution in [2.75, 3.05) is 31.1 Å². The molecule has 1 unspecified atom stereocenters. The Hall–Kier alpha value is -1.39. The highest BCUT2D eigenvalue weighted by Crippen LogP contribution is 2.20. The molecule has 0 saturated carbocycles. The van der Waals surface area contributed by atoms with Crippen molar-refractivity contribution in [2.24, 2.45) is 0 Å². The van der Waals surface area contributed by atoms with Gasteiger partial charge in [-0.1, -0.05) is 18.5 Å². The summed E-state index contributed by atoms with van der Waals surface area (Å²) in [5, 5.41) is 9.31. The topological polar surface area (TPSA) is 102 Å². The largest absolute Gasteiger partial charge is 0.369 e. The fraction of sp³-hybridized carbons (Fsp3) is 0.500. The number of carbonyl (C=O) groups is 1. The van der Waals surface area contributed by atoms with Crippen LogP contribution in [0.2, 0.25) is 5.02 Å². The summed E-state index contributed by atoms with van der Waals surface area (Å²) in [5.41, 5.74) is 2.45. The number of piperazine rings is 1. The van der Waals surface area contributed by atoms with Crippen molar-refractivity contribution in [1.82, 2.24) is 14.5 Å². The molecule has 134 valence electrons. The zero-order valence-electron chi connectivity index (χ0n) is 13.3. The van der Waals surface area contributed by atoms with E-state index in [4.69, 9.17) is 16.8 Å². The van der Waals surface area contributed by atoms with E-state index in [1.807, 2.05) is 12.1 Å². The first kappa shape index (κ1) is 18.9. The van der Waals surface area contributed by atoms with Crippen LogP contribution in [0.5, 0.6) is 0 Å². The highest BCUT2D eigenvalue weighted by molar-refractivity contribution is 7.87. The van der Waals surface area contributed by atoms with Gasteiger partial charge >= 0.3 is 0 Å². The average molecular weight is 377 g/mol. The summed E-state index contributed by atoms with van der Waals surface area (Å²) < 4.78 is 28.4. The molecule has 24 heavy (non-hydrogen) atoms. The molecule has 1 aromatic carbocycles. The van der Waals surface area contributed by atoms with Gasteiger partial charge in [0.2, 0.25) is 0 Å². The molecule has 10 heteroatoms. The molecule has 1 fully saturated rings. The number of carbonyl (C=O) groups excluding carboxylic acids is 1. The van der Waals surface area contributed by atoms with Crippen LogP contribution >= 0.6 is 11.6 Å². The third-order valence-electron chi connectivity index (χ3n) is 3.90. The number of nitrogens with zero attached hydrogens (tertiary/aromatic N) is 2. The Bertz CT molecular complexity index is 660. The second kappa shape index (κ2) is 8.13. The van der Waals surface area contributed by atoms with Crippen LogP contribution in [0.25, 0.3) is 0 Å². The standard InChI is InChI=1S/C14H21ClN4O4S/c1-2-13(14(20)16-21)17-24(22,23)19-9-7-18(8-10-19)12-5-3-11(15)4-6-12/h3-6,13,17,21H,2,7-10H2,1H3,(H,16,20). The van der Waals surface area contributed by atoms with E-state index < -0.39 is 22.2 Å². The van der Waals surface area contributed by atoms with Gasteiger partial charge in [-0.3, -0.25) is 10.0 Å². The van der Waals surface area contributed by atoms with E-state index in [1.54, 1.807) is 19.1 Å². The lowest BCUT2D eigenvalue weighted by Gasteiger charge is -2.35. The molecular weight excluding hydrogens is 356 g/mol. The zero-order valence-corrected chi connectivity index (χ0v) is 14.8. The quantitative estimate of drug-likeness (QED) is 0.498. The number of anilines is 1. The molecule has 3 N–H and O–H groups in total. The van der Waals surface area contributed by atoms with Gasteiger partial charge in [-0.05, 0) is 30.7 Å². The molecule has 0 bridgehead atoms. The molecule has 0 aromatic heterocycles. The minimum atomic E-state index is -3.80. The van der Waals surface area contributed by atoms with Crippen molar-refractivity contribution in [3.05, 3.63) is 29.3 Å². The van der Waals surface area contributed by atoms with Crippen molar-refractivity contribution >= 4 is 33.4 Å². The number of hydrogen-bond acceptors (Lipinski definition) is 5. The first-order valence-corrected chi connectivity index (χ1v) is 9.41. The molecule has 0 spiro atoms.